The Kier molecular flexibility index (Phi) is 3.96. The topological polar surface area (TPSA) is 69.6 Å². The number of nitrogens with one attached hydrogen (secondary N) is 1. The van der Waals surface area contributed by atoms with Gasteiger partial charge in [-0.2, -0.15) is 0 Å². The van der Waals surface area contributed by atoms with Crippen LogP contribution in [0.15, 0.2) is 24.3 Å². The maximum atomic E-state index is 11.4. The molecule has 0 radical (unpaired) electrons. The van der Waals surface area contributed by atoms with Gasteiger partial charge in [0.05, 0.1) is 0 Å². The molecule has 0 saturated heterocycles. The molecule has 0 spiro atoms. The van der Waals surface area contributed by atoms with E-state index in [1.807, 2.05) is 20.8 Å². The first-order valence-electron chi connectivity index (χ1n) is 5.62. The molecule has 2 amide bonds. The van der Waals surface area contributed by atoms with Crippen molar-refractivity contribution >= 4 is 17.7 Å². The van der Waals surface area contributed by atoms with E-state index in [4.69, 9.17) is 0 Å². The second kappa shape index (κ2) is 5.08. The van der Waals surface area contributed by atoms with E-state index in [-0.39, 0.29) is 5.91 Å². The minimum atomic E-state index is -1.02. The van der Waals surface area contributed by atoms with Crippen LogP contribution in [0.25, 0.3) is 0 Å². The average molecular weight is 250 g/mol. The molecule has 5 nitrogen and oxygen atoms in total. The fourth-order valence-corrected chi connectivity index (χ4v) is 1.69. The summed E-state index contributed by atoms with van der Waals surface area (Å²) in [6.07, 6.45) is -1.02. The van der Waals surface area contributed by atoms with Crippen LogP contribution < -0.4 is 10.2 Å². The summed E-state index contributed by atoms with van der Waals surface area (Å²) in [7, 11) is 1.55. The van der Waals surface area contributed by atoms with Gasteiger partial charge < -0.3 is 10.4 Å². The molecule has 0 atom stereocenters. The first kappa shape index (κ1) is 14.0. The van der Waals surface area contributed by atoms with Crippen molar-refractivity contribution in [1.82, 2.24) is 5.32 Å². The van der Waals surface area contributed by atoms with Gasteiger partial charge in [-0.15, -0.1) is 0 Å². The first-order valence-corrected chi connectivity index (χ1v) is 5.62. The summed E-state index contributed by atoms with van der Waals surface area (Å²) >= 11 is 0. The standard InChI is InChI=1S/C13H18N2O3/c1-13(2,3)15(12(17)18)10-7-5-9(6-8-10)11(16)14-4/h5-8H,1-4H3,(H,14,16)(H,17,18). The summed E-state index contributed by atoms with van der Waals surface area (Å²) in [5.41, 5.74) is 0.503. The molecule has 0 unspecified atom stereocenters. The molecular formula is C13H18N2O3. The Morgan fingerprint density at radius 3 is 2.00 bits per heavy atom. The van der Waals surface area contributed by atoms with Crippen LogP contribution in [0.2, 0.25) is 0 Å². The lowest BCUT2D eigenvalue weighted by Gasteiger charge is -2.33. The maximum Gasteiger partial charge on any atom is 0.412 e. The highest BCUT2D eigenvalue weighted by Crippen LogP contribution is 2.24. The number of hydrogen-bond donors (Lipinski definition) is 2. The van der Waals surface area contributed by atoms with Gasteiger partial charge in [0, 0.05) is 23.8 Å². The van der Waals surface area contributed by atoms with Crippen LogP contribution in [-0.2, 0) is 0 Å². The number of nitrogens with zero attached hydrogens (tertiary/aromatic N) is 1. The van der Waals surface area contributed by atoms with Gasteiger partial charge in [0.2, 0.25) is 0 Å². The fraction of sp³-hybridized carbons (Fsp3) is 0.385. The third-order valence-electron chi connectivity index (χ3n) is 2.48. The van der Waals surface area contributed by atoms with Gasteiger partial charge in [0.1, 0.15) is 0 Å². The summed E-state index contributed by atoms with van der Waals surface area (Å²) in [6.45, 7) is 5.44. The summed E-state index contributed by atoms with van der Waals surface area (Å²) in [5, 5.41) is 11.7. The van der Waals surface area contributed by atoms with E-state index < -0.39 is 11.6 Å². The van der Waals surface area contributed by atoms with Crippen LogP contribution in [0.4, 0.5) is 10.5 Å². The Morgan fingerprint density at radius 2 is 1.67 bits per heavy atom. The molecule has 0 aliphatic carbocycles. The Balaban J connectivity index is 3.09. The summed E-state index contributed by atoms with van der Waals surface area (Å²) in [5.74, 6) is -0.195. The van der Waals surface area contributed by atoms with E-state index in [9.17, 15) is 14.7 Å². The van der Waals surface area contributed by atoms with E-state index in [1.54, 1.807) is 31.3 Å². The van der Waals surface area contributed by atoms with Crippen LogP contribution in [-0.4, -0.2) is 29.7 Å². The zero-order valence-electron chi connectivity index (χ0n) is 11.0. The molecule has 0 aliphatic heterocycles. The van der Waals surface area contributed by atoms with Gasteiger partial charge in [-0.3, -0.25) is 9.69 Å². The van der Waals surface area contributed by atoms with Crippen molar-refractivity contribution in [3.63, 3.8) is 0 Å². The second-order valence-corrected chi connectivity index (χ2v) is 4.91. The highest BCUT2D eigenvalue weighted by molar-refractivity contribution is 5.95. The molecule has 2 N–H and O–H groups in total. The molecule has 0 saturated carbocycles. The Morgan fingerprint density at radius 1 is 1.17 bits per heavy atom. The molecule has 0 fully saturated rings. The number of carbonyl (C=O) groups is 2. The van der Waals surface area contributed by atoms with E-state index in [0.29, 0.717) is 11.3 Å². The van der Waals surface area contributed by atoms with Crippen molar-refractivity contribution in [2.24, 2.45) is 0 Å². The Hall–Kier alpha value is -2.04. The zero-order valence-corrected chi connectivity index (χ0v) is 11.0. The van der Waals surface area contributed by atoms with E-state index >= 15 is 0 Å². The van der Waals surface area contributed by atoms with Gasteiger partial charge >= 0.3 is 6.09 Å². The van der Waals surface area contributed by atoms with Crippen LogP contribution in [0.5, 0.6) is 0 Å². The lowest BCUT2D eigenvalue weighted by atomic mass is 10.0. The maximum absolute atomic E-state index is 11.4. The Labute approximate surface area is 106 Å². The Bertz CT molecular complexity index is 446. The SMILES string of the molecule is CNC(=O)c1ccc(N(C(=O)O)C(C)(C)C)cc1. The summed E-state index contributed by atoms with van der Waals surface area (Å²) < 4.78 is 0. The molecule has 0 bridgehead atoms. The first-order chi connectivity index (χ1) is 8.27. The van der Waals surface area contributed by atoms with E-state index in [2.05, 4.69) is 5.32 Å². The predicted molar refractivity (Wildman–Crippen MR) is 70.1 cm³/mol. The number of benzene rings is 1. The molecule has 0 heterocycles. The molecule has 1 rings (SSSR count). The van der Waals surface area contributed by atoms with Crippen LogP contribution in [0, 0.1) is 0 Å². The fourth-order valence-electron chi connectivity index (χ4n) is 1.69. The van der Waals surface area contributed by atoms with Crippen molar-refractivity contribution in [1.29, 1.82) is 0 Å². The lowest BCUT2D eigenvalue weighted by molar-refractivity contribution is 0.0963. The van der Waals surface area contributed by atoms with E-state index in [0.717, 1.165) is 0 Å². The average Bonchev–Trinajstić information content (AvgIpc) is 2.26. The minimum Gasteiger partial charge on any atom is -0.465 e. The molecule has 98 valence electrons. The number of carboxylic acid groups (broad SMARTS) is 1. The quantitative estimate of drug-likeness (QED) is 0.846. The van der Waals surface area contributed by atoms with Gasteiger partial charge in [0.25, 0.3) is 5.91 Å². The predicted octanol–water partition coefficient (Wildman–Crippen LogP) is 2.33. The van der Waals surface area contributed by atoms with Crippen molar-refractivity contribution in [3.05, 3.63) is 29.8 Å². The van der Waals surface area contributed by atoms with Crippen LogP contribution >= 0.6 is 0 Å². The molecule has 18 heavy (non-hydrogen) atoms. The summed E-state index contributed by atoms with van der Waals surface area (Å²) in [6, 6.07) is 6.47. The van der Waals surface area contributed by atoms with Gasteiger partial charge in [0.15, 0.2) is 0 Å². The molecule has 0 aromatic heterocycles. The number of amides is 2. The van der Waals surface area contributed by atoms with Crippen molar-refractivity contribution in [2.75, 3.05) is 11.9 Å². The smallest absolute Gasteiger partial charge is 0.412 e. The van der Waals surface area contributed by atoms with Crippen LogP contribution in [0.1, 0.15) is 31.1 Å². The molecule has 1 aromatic rings. The molecule has 1 aromatic carbocycles. The number of hydrogen-bond acceptors (Lipinski definition) is 2. The normalized spacial score (nSPS) is 10.9. The number of rotatable bonds is 2. The lowest BCUT2D eigenvalue weighted by Crippen LogP contribution is -2.45. The third kappa shape index (κ3) is 3.00. The third-order valence-corrected chi connectivity index (χ3v) is 2.48. The molecular weight excluding hydrogens is 232 g/mol. The van der Waals surface area contributed by atoms with Gasteiger partial charge in [-0.05, 0) is 45.0 Å². The van der Waals surface area contributed by atoms with Crippen LogP contribution in [0.3, 0.4) is 0 Å². The second-order valence-electron chi connectivity index (χ2n) is 4.91. The van der Waals surface area contributed by atoms with Crippen molar-refractivity contribution < 1.29 is 14.7 Å². The largest absolute Gasteiger partial charge is 0.465 e. The van der Waals surface area contributed by atoms with Gasteiger partial charge in [-0.25, -0.2) is 4.79 Å². The summed E-state index contributed by atoms with van der Waals surface area (Å²) in [4.78, 5) is 23.9. The molecule has 5 heteroatoms. The zero-order chi connectivity index (χ0) is 13.9. The number of carbonyl (C=O) groups excluding carboxylic acids is 1. The molecule has 0 aliphatic rings. The highest BCUT2D eigenvalue weighted by Gasteiger charge is 2.27. The number of anilines is 1. The monoisotopic (exact) mass is 250 g/mol. The van der Waals surface area contributed by atoms with E-state index in [1.165, 1.54) is 4.90 Å². The van der Waals surface area contributed by atoms with Gasteiger partial charge in [-0.1, -0.05) is 0 Å². The van der Waals surface area contributed by atoms with Crippen molar-refractivity contribution in [3.8, 4) is 0 Å². The highest BCUT2D eigenvalue weighted by atomic mass is 16.4. The minimum absolute atomic E-state index is 0.195. The van der Waals surface area contributed by atoms with Crippen molar-refractivity contribution in [2.45, 2.75) is 26.3 Å².